The highest BCUT2D eigenvalue weighted by Crippen LogP contribution is 2.33. The van der Waals surface area contributed by atoms with Crippen LogP contribution in [0.2, 0.25) is 0 Å². The summed E-state index contributed by atoms with van der Waals surface area (Å²) in [6.45, 7) is 4.63. The first-order valence-electron chi connectivity index (χ1n) is 8.20. The number of nitrogen functional groups attached to an aromatic ring is 1. The Morgan fingerprint density at radius 3 is 2.56 bits per heavy atom. The maximum atomic E-state index is 9.71. The van der Waals surface area contributed by atoms with Crippen LogP contribution in [0.25, 0.3) is 5.69 Å². The molecule has 1 aliphatic heterocycles. The number of benzene rings is 1. The second-order valence-electron chi connectivity index (χ2n) is 6.47. The van der Waals surface area contributed by atoms with Gasteiger partial charge in [-0.1, -0.05) is 26.1 Å². The van der Waals surface area contributed by atoms with Crippen LogP contribution in [0.3, 0.4) is 0 Å². The Morgan fingerprint density at radius 2 is 2.00 bits per heavy atom. The molecule has 2 N–H and O–H groups in total. The molecule has 0 bridgehead atoms. The van der Waals surface area contributed by atoms with E-state index in [1.54, 1.807) is 11.7 Å². The van der Waals surface area contributed by atoms with Gasteiger partial charge in [0.25, 0.3) is 0 Å². The van der Waals surface area contributed by atoms with Crippen LogP contribution in [0.1, 0.15) is 30.5 Å². The molecule has 0 saturated heterocycles. The zero-order valence-corrected chi connectivity index (χ0v) is 15.4. The lowest BCUT2D eigenvalue weighted by atomic mass is 9.91. The van der Waals surface area contributed by atoms with Crippen molar-refractivity contribution in [2.45, 2.75) is 33.0 Å². The van der Waals surface area contributed by atoms with Crippen LogP contribution in [0.4, 0.5) is 5.82 Å². The lowest BCUT2D eigenvalue weighted by molar-refractivity contribution is -0.000853. The molecule has 0 spiro atoms. The molecule has 25 heavy (non-hydrogen) atoms. The Labute approximate surface area is 152 Å². The molecule has 3 rings (SSSR count). The summed E-state index contributed by atoms with van der Waals surface area (Å²) in [6, 6.07) is 9.70. The summed E-state index contributed by atoms with van der Waals surface area (Å²) in [5.41, 5.74) is 9.45. The van der Waals surface area contributed by atoms with Gasteiger partial charge in [0, 0.05) is 17.7 Å². The number of pyridine rings is 1. The van der Waals surface area contributed by atoms with Gasteiger partial charge in [0.2, 0.25) is 0 Å². The fourth-order valence-corrected chi connectivity index (χ4v) is 3.54. The molecule has 1 aromatic heterocycles. The zero-order valence-electron chi connectivity index (χ0n) is 14.6. The van der Waals surface area contributed by atoms with Gasteiger partial charge in [0.1, 0.15) is 22.3 Å². The Kier molecular flexibility index (Phi) is 4.80. The number of nitrogens with two attached hydrogens (primary N) is 1. The van der Waals surface area contributed by atoms with E-state index in [9.17, 15) is 5.26 Å². The summed E-state index contributed by atoms with van der Waals surface area (Å²) in [6.07, 6.45) is 0.734. The fourth-order valence-electron chi connectivity index (χ4n) is 3.16. The maximum absolute atomic E-state index is 9.71. The molecule has 1 aliphatic rings. The van der Waals surface area contributed by atoms with E-state index in [0.29, 0.717) is 35.0 Å². The molecule has 5 nitrogen and oxygen atoms in total. The lowest BCUT2D eigenvalue weighted by Gasteiger charge is -2.30. The Morgan fingerprint density at radius 1 is 1.32 bits per heavy atom. The number of aromatic nitrogens is 1. The van der Waals surface area contributed by atoms with Gasteiger partial charge in [-0.2, -0.15) is 5.26 Å². The molecule has 0 saturated carbocycles. The molecule has 2 aromatic rings. The molecule has 1 aromatic carbocycles. The minimum atomic E-state index is 0.0743. The number of anilines is 1. The highest BCUT2D eigenvalue weighted by molar-refractivity contribution is 7.71. The van der Waals surface area contributed by atoms with E-state index in [2.05, 4.69) is 19.9 Å². The molecule has 0 aliphatic carbocycles. The monoisotopic (exact) mass is 355 g/mol. The molecule has 2 heterocycles. The van der Waals surface area contributed by atoms with Crippen molar-refractivity contribution in [3.63, 3.8) is 0 Å². The van der Waals surface area contributed by atoms with E-state index in [1.807, 2.05) is 24.3 Å². The largest absolute Gasteiger partial charge is 0.497 e. The molecule has 130 valence electrons. The number of methoxy groups -OCH3 is 1. The van der Waals surface area contributed by atoms with Gasteiger partial charge in [0.15, 0.2) is 0 Å². The topological polar surface area (TPSA) is 73.2 Å². The minimum absolute atomic E-state index is 0.0743. The Hall–Kier alpha value is -2.36. The lowest BCUT2D eigenvalue weighted by Crippen LogP contribution is -2.29. The first-order valence-corrected chi connectivity index (χ1v) is 8.61. The van der Waals surface area contributed by atoms with Crippen molar-refractivity contribution in [3.8, 4) is 17.5 Å². The van der Waals surface area contributed by atoms with Gasteiger partial charge < -0.3 is 15.2 Å². The van der Waals surface area contributed by atoms with E-state index in [-0.39, 0.29) is 6.10 Å². The molecule has 6 heteroatoms. The third kappa shape index (κ3) is 3.01. The van der Waals surface area contributed by atoms with Gasteiger partial charge in [-0.15, -0.1) is 0 Å². The third-order valence-electron chi connectivity index (χ3n) is 4.66. The van der Waals surface area contributed by atoms with Crippen LogP contribution >= 0.6 is 12.2 Å². The van der Waals surface area contributed by atoms with Crippen molar-refractivity contribution in [3.05, 3.63) is 45.6 Å². The van der Waals surface area contributed by atoms with Gasteiger partial charge in [-0.3, -0.25) is 4.57 Å². The molecule has 0 fully saturated rings. The summed E-state index contributed by atoms with van der Waals surface area (Å²) >= 11 is 5.68. The van der Waals surface area contributed by atoms with Crippen LogP contribution < -0.4 is 10.5 Å². The van der Waals surface area contributed by atoms with Crippen LogP contribution in [-0.2, 0) is 17.8 Å². The van der Waals surface area contributed by atoms with E-state index in [1.165, 1.54) is 0 Å². The predicted molar refractivity (Wildman–Crippen MR) is 99.4 cm³/mol. The number of fused-ring (bicyclic) bond motifs is 1. The van der Waals surface area contributed by atoms with Gasteiger partial charge in [-0.25, -0.2) is 0 Å². The fraction of sp³-hybridized carbons (Fsp3) is 0.368. The summed E-state index contributed by atoms with van der Waals surface area (Å²) in [5.74, 6) is 1.49. The summed E-state index contributed by atoms with van der Waals surface area (Å²) in [5, 5.41) is 9.71. The zero-order chi connectivity index (χ0) is 18.1. The van der Waals surface area contributed by atoms with Crippen LogP contribution in [-0.4, -0.2) is 17.8 Å². The van der Waals surface area contributed by atoms with Crippen molar-refractivity contribution in [1.29, 1.82) is 5.26 Å². The number of nitriles is 1. The SMILES string of the molecule is COc1ccc(-n2c(N)c(C#N)c3c(c2=S)CO[C@H](C(C)C)C3)cc1. The number of hydrogen-bond donors (Lipinski definition) is 1. The Balaban J connectivity index is 2.19. The number of rotatable bonds is 3. The normalized spacial score (nSPS) is 16.4. The summed E-state index contributed by atoms with van der Waals surface area (Å²) < 4.78 is 13.5. The molecule has 1 atom stereocenters. The summed E-state index contributed by atoms with van der Waals surface area (Å²) in [4.78, 5) is 0. The quantitative estimate of drug-likeness (QED) is 0.849. The smallest absolute Gasteiger partial charge is 0.127 e. The molecule has 0 radical (unpaired) electrons. The van der Waals surface area contributed by atoms with E-state index in [0.717, 1.165) is 22.6 Å². The highest BCUT2D eigenvalue weighted by atomic mass is 32.1. The molecular formula is C19H21N3O2S. The van der Waals surface area contributed by atoms with Crippen molar-refractivity contribution < 1.29 is 9.47 Å². The first kappa shape index (κ1) is 17.5. The van der Waals surface area contributed by atoms with Crippen molar-refractivity contribution >= 4 is 18.0 Å². The minimum Gasteiger partial charge on any atom is -0.497 e. The number of hydrogen-bond acceptors (Lipinski definition) is 5. The maximum Gasteiger partial charge on any atom is 0.127 e. The summed E-state index contributed by atoms with van der Waals surface area (Å²) in [7, 11) is 1.62. The second-order valence-corrected chi connectivity index (χ2v) is 6.85. The second kappa shape index (κ2) is 6.87. The third-order valence-corrected chi connectivity index (χ3v) is 5.09. The van der Waals surface area contributed by atoms with Crippen LogP contribution in [0.5, 0.6) is 5.75 Å². The molecule has 0 unspecified atom stereocenters. The van der Waals surface area contributed by atoms with Gasteiger partial charge in [0.05, 0.1) is 25.4 Å². The highest BCUT2D eigenvalue weighted by Gasteiger charge is 2.28. The van der Waals surface area contributed by atoms with E-state index >= 15 is 0 Å². The van der Waals surface area contributed by atoms with E-state index < -0.39 is 0 Å². The number of nitrogens with zero attached hydrogens (tertiary/aromatic N) is 2. The first-order chi connectivity index (χ1) is 12.0. The molecule has 0 amide bonds. The standard InChI is InChI=1S/C19H21N3O2S/c1-11(2)17-8-14-15(9-20)18(21)22(19(25)16(14)10-24-17)12-4-6-13(23-3)7-5-12/h4-7,11,17H,8,10,21H2,1-3H3/t17-/m0/s1. The van der Waals surface area contributed by atoms with E-state index in [4.69, 9.17) is 27.4 Å². The number of ether oxygens (including phenoxy) is 2. The van der Waals surface area contributed by atoms with Gasteiger partial charge in [-0.05, 0) is 35.7 Å². The van der Waals surface area contributed by atoms with Crippen LogP contribution in [0, 0.1) is 21.9 Å². The Bertz CT molecular complexity index is 895. The molecular weight excluding hydrogens is 334 g/mol. The average molecular weight is 355 g/mol. The van der Waals surface area contributed by atoms with Crippen molar-refractivity contribution in [1.82, 2.24) is 4.57 Å². The van der Waals surface area contributed by atoms with Gasteiger partial charge >= 0.3 is 0 Å². The van der Waals surface area contributed by atoms with Crippen LogP contribution in [0.15, 0.2) is 24.3 Å². The van der Waals surface area contributed by atoms with Crippen molar-refractivity contribution in [2.75, 3.05) is 12.8 Å². The predicted octanol–water partition coefficient (Wildman–Crippen LogP) is 3.77. The average Bonchev–Trinajstić information content (AvgIpc) is 2.62. The van der Waals surface area contributed by atoms with Crippen molar-refractivity contribution in [2.24, 2.45) is 5.92 Å².